The third kappa shape index (κ3) is 4.65. The van der Waals surface area contributed by atoms with Crippen LogP contribution in [0.1, 0.15) is 0 Å². The SMILES string of the molecule is CO[Si]([Si])([Si]O)[Si](O[Si]O)(O[Si](C)(C)[Si](C)=O)[Si](C)(C)O. The highest BCUT2D eigenvalue weighted by Gasteiger charge is 2.70. The summed E-state index contributed by atoms with van der Waals surface area (Å²) in [6, 6.07) is 0. The van der Waals surface area contributed by atoms with E-state index in [0.29, 0.717) is 0 Å². The van der Waals surface area contributed by atoms with Gasteiger partial charge in [0.1, 0.15) is 0 Å². The molecular formula is C6H21O7Si8. The lowest BCUT2D eigenvalue weighted by Crippen LogP contribution is -2.85. The number of hydrogen-bond donors (Lipinski definition) is 3. The second-order valence-corrected chi connectivity index (χ2v) is 44.2. The molecule has 0 aliphatic heterocycles. The molecule has 2 atom stereocenters. The van der Waals surface area contributed by atoms with Gasteiger partial charge < -0.3 is 31.5 Å². The van der Waals surface area contributed by atoms with Gasteiger partial charge in [-0.3, -0.25) is 0 Å². The van der Waals surface area contributed by atoms with Crippen molar-refractivity contribution in [2.45, 2.75) is 32.7 Å². The van der Waals surface area contributed by atoms with Crippen LogP contribution in [-0.2, 0) is 17.1 Å². The predicted molar refractivity (Wildman–Crippen MR) is 91.9 cm³/mol. The van der Waals surface area contributed by atoms with Crippen molar-refractivity contribution < 1.29 is 31.5 Å². The average Bonchev–Trinajstić information content (AvgIpc) is 2.35. The lowest BCUT2D eigenvalue weighted by atomic mass is 11.8. The Labute approximate surface area is 138 Å². The van der Waals surface area contributed by atoms with Crippen molar-refractivity contribution in [3.8, 4) is 0 Å². The van der Waals surface area contributed by atoms with Gasteiger partial charge in [-0.2, -0.15) is 0 Å². The molecule has 0 amide bonds. The van der Waals surface area contributed by atoms with E-state index in [1.165, 1.54) is 7.11 Å². The van der Waals surface area contributed by atoms with Crippen LogP contribution >= 0.6 is 0 Å². The van der Waals surface area contributed by atoms with E-state index in [-0.39, 0.29) is 0 Å². The molecule has 0 aliphatic carbocycles. The molecule has 0 aromatic rings. The fraction of sp³-hybridized carbons (Fsp3) is 1.00. The Morgan fingerprint density at radius 2 is 1.67 bits per heavy atom. The van der Waals surface area contributed by atoms with Gasteiger partial charge in [0.15, 0.2) is 0 Å². The molecule has 0 rings (SSSR count). The molecule has 0 heterocycles. The second kappa shape index (κ2) is 7.91. The topological polar surface area (TPSA) is 105 Å². The van der Waals surface area contributed by atoms with Crippen molar-refractivity contribution in [3.05, 3.63) is 0 Å². The lowest BCUT2D eigenvalue weighted by molar-refractivity contribution is 0.357. The van der Waals surface area contributed by atoms with E-state index in [0.717, 1.165) is 0 Å². The standard InChI is InChI=1S/C6H21O7Si8/c1-11-21(14,16-8)20(12-15-7,18(3,4)10)13-19(5,6)17(2)9/h7-8,10H,1-6H3. The molecule has 0 saturated heterocycles. The van der Waals surface area contributed by atoms with Crippen LogP contribution in [0.5, 0.6) is 0 Å². The highest BCUT2D eigenvalue weighted by Crippen LogP contribution is 2.30. The zero-order valence-corrected chi connectivity index (χ0v) is 21.0. The van der Waals surface area contributed by atoms with Gasteiger partial charge in [0.25, 0.3) is 8.20 Å². The summed E-state index contributed by atoms with van der Waals surface area (Å²) in [6.45, 7) is 5.34. The minimum absolute atomic E-state index is 0.642. The molecule has 3 N–H and O–H groups in total. The average molecular weight is 430 g/mol. The summed E-state index contributed by atoms with van der Waals surface area (Å²) >= 11 is 0. The summed E-state index contributed by atoms with van der Waals surface area (Å²) < 4.78 is 29.3. The van der Waals surface area contributed by atoms with Crippen LogP contribution in [-0.4, -0.2) is 88.9 Å². The molecule has 0 aromatic carbocycles. The summed E-state index contributed by atoms with van der Waals surface area (Å²) in [5.74, 6) is 0. The van der Waals surface area contributed by atoms with Crippen LogP contribution in [0.2, 0.25) is 32.7 Å². The smallest absolute Gasteiger partial charge is 0.420 e. The summed E-state index contributed by atoms with van der Waals surface area (Å²) in [5.41, 5.74) is 0. The fourth-order valence-electron chi connectivity index (χ4n) is 1.59. The molecular weight excluding hydrogens is 409 g/mol. The van der Waals surface area contributed by atoms with Gasteiger partial charge in [0, 0.05) is 7.11 Å². The summed E-state index contributed by atoms with van der Waals surface area (Å²) in [4.78, 5) is 29.9. The number of hydrogen-bond acceptors (Lipinski definition) is 7. The first-order valence-corrected chi connectivity index (χ1v) is 24.8. The Balaban J connectivity index is 6.14. The van der Waals surface area contributed by atoms with E-state index >= 15 is 0 Å². The minimum Gasteiger partial charge on any atom is -0.435 e. The first kappa shape index (κ1) is 22.3. The molecule has 0 aliphatic rings. The molecule has 2 unspecified atom stereocenters. The molecule has 0 aromatic heterocycles. The second-order valence-electron chi connectivity index (χ2n) is 5.53. The maximum absolute atomic E-state index is 12.0. The Kier molecular flexibility index (Phi) is 8.40. The van der Waals surface area contributed by atoms with Crippen molar-refractivity contribution in [1.82, 2.24) is 0 Å². The van der Waals surface area contributed by atoms with Gasteiger partial charge in [0.2, 0.25) is 31.8 Å². The maximum atomic E-state index is 12.0. The molecule has 21 heavy (non-hydrogen) atoms. The van der Waals surface area contributed by atoms with Crippen molar-refractivity contribution in [1.29, 1.82) is 0 Å². The molecule has 119 valence electrons. The monoisotopic (exact) mass is 429 g/mol. The third-order valence-electron chi connectivity index (χ3n) is 3.17. The van der Waals surface area contributed by atoms with E-state index in [1.807, 2.05) is 0 Å². The van der Waals surface area contributed by atoms with Gasteiger partial charge in [0.05, 0.1) is 9.76 Å². The molecule has 0 fully saturated rings. The third-order valence-corrected chi connectivity index (χ3v) is 54.2. The van der Waals surface area contributed by atoms with Gasteiger partial charge in [-0.05, 0) is 32.7 Å². The van der Waals surface area contributed by atoms with E-state index in [4.69, 9.17) is 12.7 Å². The Hall–Kier alpha value is 1.30. The molecule has 7 radical (unpaired) electrons. The summed E-state index contributed by atoms with van der Waals surface area (Å²) in [5, 5.41) is 0. The summed E-state index contributed by atoms with van der Waals surface area (Å²) in [7, 11) is -7.85. The molecule has 0 spiro atoms. The van der Waals surface area contributed by atoms with Crippen LogP contribution in [0.15, 0.2) is 0 Å². The van der Waals surface area contributed by atoms with Crippen molar-refractivity contribution in [2.75, 3.05) is 7.11 Å². The van der Waals surface area contributed by atoms with Gasteiger partial charge in [-0.15, -0.1) is 0 Å². The van der Waals surface area contributed by atoms with E-state index in [1.54, 1.807) is 32.7 Å². The number of rotatable bonds is 9. The van der Waals surface area contributed by atoms with E-state index in [9.17, 15) is 18.8 Å². The van der Waals surface area contributed by atoms with Crippen molar-refractivity contribution in [2.24, 2.45) is 0 Å². The fourth-order valence-corrected chi connectivity index (χ4v) is 65.2. The van der Waals surface area contributed by atoms with Crippen LogP contribution in [0, 0.1) is 0 Å². The van der Waals surface area contributed by atoms with E-state index in [2.05, 4.69) is 9.76 Å². The zero-order valence-electron chi connectivity index (χ0n) is 13.0. The van der Waals surface area contributed by atoms with Crippen LogP contribution in [0.25, 0.3) is 0 Å². The normalized spacial score (nSPS) is 19.0. The lowest BCUT2D eigenvalue weighted by Gasteiger charge is -2.49. The maximum Gasteiger partial charge on any atom is 0.420 e. The zero-order chi connectivity index (χ0) is 17.1. The predicted octanol–water partition coefficient (Wildman–Crippen LogP) is -1.96. The van der Waals surface area contributed by atoms with Crippen LogP contribution in [0.3, 0.4) is 0 Å². The van der Waals surface area contributed by atoms with E-state index < -0.39 is 57.6 Å². The first-order chi connectivity index (χ1) is 9.33. The molecule has 15 heteroatoms. The summed E-state index contributed by atoms with van der Waals surface area (Å²) in [6.07, 6.45) is 0. The van der Waals surface area contributed by atoms with Gasteiger partial charge in [-0.1, -0.05) is 0 Å². The highest BCUT2D eigenvalue weighted by atomic mass is 30.0. The Morgan fingerprint density at radius 1 is 1.19 bits per heavy atom. The largest absolute Gasteiger partial charge is 0.435 e. The minimum atomic E-state index is -3.51. The highest BCUT2D eigenvalue weighted by molar-refractivity contribution is 7.83. The van der Waals surface area contributed by atoms with Crippen LogP contribution < -0.4 is 0 Å². The van der Waals surface area contributed by atoms with Crippen molar-refractivity contribution >= 4 is 67.4 Å². The van der Waals surface area contributed by atoms with Gasteiger partial charge >= 0.3 is 17.6 Å². The quantitative estimate of drug-likeness (QED) is 0.366. The van der Waals surface area contributed by atoms with Crippen LogP contribution in [0.4, 0.5) is 0 Å². The molecule has 7 nitrogen and oxygen atoms in total. The first-order valence-electron chi connectivity index (χ1n) is 6.05. The Bertz CT molecular complexity index is 369. The van der Waals surface area contributed by atoms with Gasteiger partial charge in [-0.25, -0.2) is 0 Å². The molecule has 0 bridgehead atoms. The molecule has 0 saturated carbocycles. The van der Waals surface area contributed by atoms with Crippen molar-refractivity contribution in [3.63, 3.8) is 0 Å². The Morgan fingerprint density at radius 3 is 1.90 bits per heavy atom.